The van der Waals surface area contributed by atoms with Gasteiger partial charge in [-0.15, -0.1) is 0 Å². The number of nitrogens with zero attached hydrogens (tertiary/aromatic N) is 4. The number of aromatic nitrogens is 3. The van der Waals surface area contributed by atoms with Crippen molar-refractivity contribution in [3.63, 3.8) is 0 Å². The van der Waals surface area contributed by atoms with Crippen LogP contribution in [0.4, 0.5) is 11.5 Å². The molecule has 5 nitrogen and oxygen atoms in total. The van der Waals surface area contributed by atoms with Crippen molar-refractivity contribution in [3.8, 4) is 5.75 Å². The van der Waals surface area contributed by atoms with Gasteiger partial charge >= 0.3 is 0 Å². The maximum Gasteiger partial charge on any atom is 0.172 e. The SMILES string of the molecule is Oc1ccccc1N(Cc1ccccn1)c1nc2ccccc2nc1Cl. The number of rotatable bonds is 4. The number of fused-ring (bicyclic) bond motifs is 1. The van der Waals surface area contributed by atoms with Crippen molar-refractivity contribution in [3.05, 3.63) is 83.8 Å². The Balaban J connectivity index is 1.88. The number of para-hydroxylation sites is 4. The van der Waals surface area contributed by atoms with Gasteiger partial charge in [0.1, 0.15) is 5.75 Å². The van der Waals surface area contributed by atoms with Gasteiger partial charge in [-0.1, -0.05) is 41.9 Å². The van der Waals surface area contributed by atoms with E-state index in [-0.39, 0.29) is 10.9 Å². The van der Waals surface area contributed by atoms with Gasteiger partial charge in [-0.05, 0) is 36.4 Å². The summed E-state index contributed by atoms with van der Waals surface area (Å²) >= 11 is 6.45. The van der Waals surface area contributed by atoms with Crippen LogP contribution in [0.3, 0.4) is 0 Å². The number of phenolic OH excluding ortho intramolecular Hbond substituents is 1. The lowest BCUT2D eigenvalue weighted by molar-refractivity contribution is 0.475. The highest BCUT2D eigenvalue weighted by Gasteiger charge is 2.20. The van der Waals surface area contributed by atoms with E-state index in [2.05, 4.69) is 15.0 Å². The first-order valence-corrected chi connectivity index (χ1v) is 8.48. The van der Waals surface area contributed by atoms with Crippen LogP contribution < -0.4 is 4.90 Å². The molecule has 2 aromatic carbocycles. The van der Waals surface area contributed by atoms with E-state index in [4.69, 9.17) is 11.6 Å². The Morgan fingerprint density at radius 1 is 0.846 bits per heavy atom. The lowest BCUT2D eigenvalue weighted by Crippen LogP contribution is -2.19. The third kappa shape index (κ3) is 3.17. The fourth-order valence-electron chi connectivity index (χ4n) is 2.76. The Morgan fingerprint density at radius 3 is 2.27 bits per heavy atom. The Kier molecular flexibility index (Phi) is 4.37. The first-order valence-electron chi connectivity index (χ1n) is 8.10. The van der Waals surface area contributed by atoms with Gasteiger partial charge in [-0.3, -0.25) is 4.98 Å². The van der Waals surface area contributed by atoms with E-state index in [1.807, 2.05) is 59.5 Å². The molecule has 2 aromatic heterocycles. The van der Waals surface area contributed by atoms with E-state index in [1.54, 1.807) is 18.3 Å². The van der Waals surface area contributed by atoms with Gasteiger partial charge < -0.3 is 10.0 Å². The lowest BCUT2D eigenvalue weighted by atomic mass is 10.2. The predicted octanol–water partition coefficient (Wildman–Crippen LogP) is 4.72. The van der Waals surface area contributed by atoms with Crippen molar-refractivity contribution in [2.75, 3.05) is 4.90 Å². The van der Waals surface area contributed by atoms with E-state index in [0.29, 0.717) is 18.1 Å². The van der Waals surface area contributed by atoms with Crippen LogP contribution in [-0.4, -0.2) is 20.1 Å². The number of benzene rings is 2. The molecule has 26 heavy (non-hydrogen) atoms. The van der Waals surface area contributed by atoms with Crippen molar-refractivity contribution in [2.45, 2.75) is 6.54 Å². The third-order valence-corrected chi connectivity index (χ3v) is 4.24. The molecule has 0 atom stereocenters. The smallest absolute Gasteiger partial charge is 0.172 e. The van der Waals surface area contributed by atoms with E-state index >= 15 is 0 Å². The second-order valence-corrected chi connectivity index (χ2v) is 6.08. The maximum atomic E-state index is 10.4. The molecule has 4 rings (SSSR count). The second-order valence-electron chi connectivity index (χ2n) is 5.72. The van der Waals surface area contributed by atoms with Crippen molar-refractivity contribution in [1.82, 2.24) is 15.0 Å². The summed E-state index contributed by atoms with van der Waals surface area (Å²) in [6.45, 7) is 0.394. The minimum atomic E-state index is 0.134. The van der Waals surface area contributed by atoms with Crippen LogP contribution >= 0.6 is 11.6 Å². The normalized spacial score (nSPS) is 10.8. The molecular formula is C20H15ClN4O. The van der Waals surface area contributed by atoms with E-state index in [1.165, 1.54) is 0 Å². The molecule has 1 N–H and O–H groups in total. The van der Waals surface area contributed by atoms with Crippen molar-refractivity contribution < 1.29 is 5.11 Å². The highest BCUT2D eigenvalue weighted by atomic mass is 35.5. The summed E-state index contributed by atoms with van der Waals surface area (Å²) in [5.74, 6) is 0.604. The fraction of sp³-hybridized carbons (Fsp3) is 0.0500. The summed E-state index contributed by atoms with van der Waals surface area (Å²) in [6.07, 6.45) is 1.73. The van der Waals surface area contributed by atoms with Gasteiger partial charge in [0.25, 0.3) is 0 Å². The molecule has 0 aliphatic carbocycles. The minimum absolute atomic E-state index is 0.134. The zero-order valence-electron chi connectivity index (χ0n) is 13.7. The number of hydrogen-bond donors (Lipinski definition) is 1. The number of halogens is 1. The van der Waals surface area contributed by atoms with Crippen molar-refractivity contribution >= 4 is 34.1 Å². The van der Waals surface area contributed by atoms with Crippen LogP contribution in [0, 0.1) is 0 Å². The Morgan fingerprint density at radius 2 is 1.54 bits per heavy atom. The molecule has 128 valence electrons. The van der Waals surface area contributed by atoms with Crippen LogP contribution in [0.1, 0.15) is 5.69 Å². The zero-order chi connectivity index (χ0) is 17.9. The summed E-state index contributed by atoms with van der Waals surface area (Å²) in [6, 6.07) is 20.3. The number of hydrogen-bond acceptors (Lipinski definition) is 5. The molecule has 0 saturated carbocycles. The largest absolute Gasteiger partial charge is 0.506 e. The molecule has 6 heteroatoms. The van der Waals surface area contributed by atoms with Crippen LogP contribution in [0.15, 0.2) is 72.9 Å². The predicted molar refractivity (Wildman–Crippen MR) is 103 cm³/mol. The number of pyridine rings is 1. The molecule has 0 amide bonds. The molecule has 0 spiro atoms. The summed E-state index contributed by atoms with van der Waals surface area (Å²) in [4.78, 5) is 15.3. The summed E-state index contributed by atoms with van der Waals surface area (Å²) < 4.78 is 0. The number of aromatic hydroxyl groups is 1. The summed E-state index contributed by atoms with van der Waals surface area (Å²) in [5.41, 5.74) is 2.86. The quantitative estimate of drug-likeness (QED) is 0.569. The van der Waals surface area contributed by atoms with Crippen LogP contribution in [-0.2, 0) is 6.54 Å². The average molecular weight is 363 g/mol. The average Bonchev–Trinajstić information content (AvgIpc) is 2.67. The van der Waals surface area contributed by atoms with Crippen molar-refractivity contribution in [1.29, 1.82) is 0 Å². The highest BCUT2D eigenvalue weighted by Crippen LogP contribution is 2.36. The molecule has 0 saturated heterocycles. The molecule has 4 aromatic rings. The first-order chi connectivity index (χ1) is 12.7. The third-order valence-electron chi connectivity index (χ3n) is 3.99. The minimum Gasteiger partial charge on any atom is -0.506 e. The van der Waals surface area contributed by atoms with Crippen LogP contribution in [0.2, 0.25) is 5.15 Å². The Hall–Kier alpha value is -3.18. The maximum absolute atomic E-state index is 10.4. The molecular weight excluding hydrogens is 348 g/mol. The monoisotopic (exact) mass is 362 g/mol. The highest BCUT2D eigenvalue weighted by molar-refractivity contribution is 6.32. The van der Waals surface area contributed by atoms with Gasteiger partial charge in [-0.2, -0.15) is 0 Å². The van der Waals surface area contributed by atoms with Crippen LogP contribution in [0.25, 0.3) is 11.0 Å². The fourth-order valence-corrected chi connectivity index (χ4v) is 3.00. The second kappa shape index (κ2) is 6.98. The summed E-state index contributed by atoms with van der Waals surface area (Å²) in [7, 11) is 0. The van der Waals surface area contributed by atoms with Gasteiger partial charge in [0.05, 0.1) is 29.0 Å². The van der Waals surface area contributed by atoms with Gasteiger partial charge in [0, 0.05) is 6.20 Å². The standard InChI is InChI=1S/C20H15ClN4O/c21-19-20(24-16-9-2-1-8-15(16)23-19)25(13-14-7-5-6-12-22-14)17-10-3-4-11-18(17)26/h1-12,26H,13H2. The van der Waals surface area contributed by atoms with E-state index < -0.39 is 0 Å². The van der Waals surface area contributed by atoms with Crippen LogP contribution in [0.5, 0.6) is 5.75 Å². The van der Waals surface area contributed by atoms with E-state index in [0.717, 1.165) is 16.7 Å². The molecule has 0 radical (unpaired) electrons. The molecule has 0 aliphatic rings. The molecule has 0 bridgehead atoms. The lowest BCUT2D eigenvalue weighted by Gasteiger charge is -2.25. The van der Waals surface area contributed by atoms with E-state index in [9.17, 15) is 5.11 Å². The zero-order valence-corrected chi connectivity index (χ0v) is 14.5. The molecule has 2 heterocycles. The summed E-state index contributed by atoms with van der Waals surface area (Å²) in [5, 5.41) is 10.6. The Labute approximate surface area is 155 Å². The number of anilines is 2. The number of phenols is 1. The van der Waals surface area contributed by atoms with Gasteiger partial charge in [0.2, 0.25) is 0 Å². The molecule has 0 aliphatic heterocycles. The van der Waals surface area contributed by atoms with Crippen molar-refractivity contribution in [2.24, 2.45) is 0 Å². The topological polar surface area (TPSA) is 62.1 Å². The first kappa shape index (κ1) is 16.3. The van der Waals surface area contributed by atoms with Gasteiger partial charge in [-0.25, -0.2) is 9.97 Å². The van der Waals surface area contributed by atoms with Gasteiger partial charge in [0.15, 0.2) is 11.0 Å². The Bertz CT molecular complexity index is 1060. The molecule has 0 fully saturated rings. The molecule has 0 unspecified atom stereocenters.